The van der Waals surface area contributed by atoms with Gasteiger partial charge in [-0.1, -0.05) is 118 Å². The number of hydrogen-bond donors (Lipinski definition) is 0. The van der Waals surface area contributed by atoms with E-state index in [-0.39, 0.29) is 62.5 Å². The fraction of sp³-hybridized carbons (Fsp3) is 0.111. The van der Waals surface area contributed by atoms with Gasteiger partial charge in [0.25, 0.3) is 0 Å². The van der Waals surface area contributed by atoms with Gasteiger partial charge in [-0.05, 0) is 19.3 Å². The number of rotatable bonds is 6. The first-order valence-electron chi connectivity index (χ1n) is 10.1. The predicted molar refractivity (Wildman–Crippen MR) is 123 cm³/mol. The van der Waals surface area contributed by atoms with Crippen LogP contribution >= 0.6 is 0 Å². The Morgan fingerprint density at radius 1 is 0.364 bits per heavy atom. The van der Waals surface area contributed by atoms with Crippen molar-refractivity contribution in [3.8, 4) is 23.0 Å². The van der Waals surface area contributed by atoms with Gasteiger partial charge >= 0.3 is 20.2 Å². The normalized spacial score (nSPS) is 10.2. The molecule has 6 heteroatoms. The molecule has 0 N–H and O–H groups in total. The minimum atomic E-state index is -0.152. The molecule has 0 aromatic heterocycles. The van der Waals surface area contributed by atoms with Crippen LogP contribution in [-0.4, -0.2) is 20.2 Å². The Bertz CT molecular complexity index is 1130. The maximum Gasteiger partial charge on any atom is 2.00 e. The first-order chi connectivity index (χ1) is 15.0. The van der Waals surface area contributed by atoms with Crippen LogP contribution in [0.15, 0.2) is 84.9 Å². The molecule has 156 valence electrons. The van der Waals surface area contributed by atoms with Crippen molar-refractivity contribution in [2.24, 2.45) is 0 Å². The molecule has 0 heterocycles. The Labute approximate surface area is 201 Å². The van der Waals surface area contributed by atoms with Crippen LogP contribution in [0.2, 0.25) is 0 Å². The van der Waals surface area contributed by atoms with Crippen LogP contribution in [-0.2, 0) is 19.3 Å². The molecule has 0 bridgehead atoms. The van der Waals surface area contributed by atoms with Crippen molar-refractivity contribution in [2.45, 2.75) is 19.3 Å². The Morgan fingerprint density at radius 2 is 0.636 bits per heavy atom. The van der Waals surface area contributed by atoms with E-state index in [4.69, 9.17) is 0 Å². The van der Waals surface area contributed by atoms with Crippen molar-refractivity contribution in [1.29, 1.82) is 0 Å². The Hall–Kier alpha value is -3.58. The first kappa shape index (κ1) is 25.7. The van der Waals surface area contributed by atoms with Gasteiger partial charge in [0, 0.05) is 0 Å². The summed E-state index contributed by atoms with van der Waals surface area (Å²) in [6.07, 6.45) is 0.727. The van der Waals surface area contributed by atoms with E-state index < -0.39 is 0 Å². The Kier molecular flexibility index (Phi) is 8.82. The van der Waals surface area contributed by atoms with Crippen molar-refractivity contribution in [3.63, 3.8) is 0 Å². The third-order valence-corrected chi connectivity index (χ3v) is 5.44. The summed E-state index contributed by atoms with van der Waals surface area (Å²) in [5, 5.41) is 50.0. The van der Waals surface area contributed by atoms with E-state index in [9.17, 15) is 20.4 Å². The molecule has 0 fully saturated rings. The van der Waals surface area contributed by atoms with Crippen LogP contribution in [0.4, 0.5) is 0 Å². The average Bonchev–Trinajstić information content (AvgIpc) is 2.76. The summed E-state index contributed by atoms with van der Waals surface area (Å²) < 4.78 is 0. The van der Waals surface area contributed by atoms with Crippen LogP contribution < -0.4 is 20.4 Å². The molecule has 4 aromatic rings. The monoisotopic (exact) mass is 426 g/mol. The molecule has 4 aromatic carbocycles. The summed E-state index contributed by atoms with van der Waals surface area (Å²) in [7, 11) is 0. The van der Waals surface area contributed by atoms with Gasteiger partial charge < -0.3 is 20.4 Å². The zero-order chi connectivity index (χ0) is 21.8. The number of para-hydroxylation sites is 4. The quantitative estimate of drug-likeness (QED) is 0.441. The topological polar surface area (TPSA) is 92.2 Å². The van der Waals surface area contributed by atoms with Gasteiger partial charge in [0.15, 0.2) is 0 Å². The molecular weight excluding hydrogens is 406 g/mol. The molecule has 0 unspecified atom stereocenters. The molecule has 0 aliphatic heterocycles. The second-order valence-corrected chi connectivity index (χ2v) is 7.56. The molecule has 4 rings (SSSR count). The largest absolute Gasteiger partial charge is 2.00 e. The maximum atomic E-state index is 13.0. The van der Waals surface area contributed by atoms with E-state index in [1.165, 1.54) is 12.1 Å². The Morgan fingerprint density at radius 3 is 0.970 bits per heavy atom. The summed E-state index contributed by atoms with van der Waals surface area (Å²) in [6, 6.07) is 23.8. The van der Waals surface area contributed by atoms with Crippen molar-refractivity contribution < 1.29 is 20.4 Å². The van der Waals surface area contributed by atoms with Crippen LogP contribution in [0.3, 0.4) is 0 Å². The molecule has 4 nitrogen and oxygen atoms in total. The zero-order valence-corrected chi connectivity index (χ0v) is 18.3. The van der Waals surface area contributed by atoms with Gasteiger partial charge in [0.2, 0.25) is 0 Å². The van der Waals surface area contributed by atoms with Gasteiger partial charge in [0.05, 0.1) is 0 Å². The zero-order valence-electron chi connectivity index (χ0n) is 18.3. The van der Waals surface area contributed by atoms with Crippen molar-refractivity contribution >= 4 is 20.2 Å². The summed E-state index contributed by atoms with van der Waals surface area (Å²) >= 11 is 0. The predicted octanol–water partition coefficient (Wildman–Crippen LogP) is 1.99. The molecule has 0 amide bonds. The second-order valence-electron chi connectivity index (χ2n) is 7.56. The van der Waals surface area contributed by atoms with E-state index in [2.05, 4.69) is 0 Å². The number of benzene rings is 4. The molecule has 0 radical (unpaired) electrons. The van der Waals surface area contributed by atoms with E-state index in [0.29, 0.717) is 33.4 Å². The number of hydrogen-bond acceptors (Lipinski definition) is 4. The van der Waals surface area contributed by atoms with Gasteiger partial charge in [0.1, 0.15) is 0 Å². The van der Waals surface area contributed by atoms with E-state index in [1.54, 1.807) is 72.8 Å². The van der Waals surface area contributed by atoms with Crippen LogP contribution in [0.1, 0.15) is 33.4 Å². The van der Waals surface area contributed by atoms with Crippen molar-refractivity contribution in [1.82, 2.24) is 0 Å². The average molecular weight is 426 g/mol. The minimum Gasteiger partial charge on any atom is -0.872 e. The molecule has 0 atom stereocenters. The third-order valence-electron chi connectivity index (χ3n) is 5.44. The summed E-state index contributed by atoms with van der Waals surface area (Å²) in [5.41, 5.74) is 3.23. The molecule has 0 saturated carbocycles. The standard InChI is InChI=1S/C27H24O4.2Be/c28-24-13-3-1-7-18(24)15-20-9-5-11-22(26(20)30)17-23-12-6-10-21(27(23)31)16-19-8-2-4-14-25(19)29;;/h1-14,28-31H,15-17H2;;/q;2*+2/p-4. The molecule has 0 aliphatic rings. The van der Waals surface area contributed by atoms with Gasteiger partial charge in [-0.3, -0.25) is 0 Å². The SMILES string of the molecule is [Be+2].[Be+2].[O-]c1ccccc1Cc1cccc(Cc2cccc(Cc3ccccc3[O-])c2[O-])c1[O-]. The third kappa shape index (κ3) is 5.81. The molecule has 33 heavy (non-hydrogen) atoms. The van der Waals surface area contributed by atoms with Gasteiger partial charge in [-0.15, -0.1) is 23.0 Å². The fourth-order valence-electron chi connectivity index (χ4n) is 3.75. The van der Waals surface area contributed by atoms with Crippen LogP contribution in [0, 0.1) is 0 Å². The van der Waals surface area contributed by atoms with Gasteiger partial charge in [-0.25, -0.2) is 0 Å². The van der Waals surface area contributed by atoms with E-state index >= 15 is 0 Å². The fourth-order valence-corrected chi connectivity index (χ4v) is 3.75. The van der Waals surface area contributed by atoms with E-state index in [1.807, 2.05) is 0 Å². The molecule has 0 saturated heterocycles. The molecule has 0 spiro atoms. The van der Waals surface area contributed by atoms with Crippen LogP contribution in [0.25, 0.3) is 0 Å². The van der Waals surface area contributed by atoms with Crippen molar-refractivity contribution in [3.05, 3.63) is 118 Å². The Balaban J connectivity index is 0.00000193. The molecular formula is C27H20Be2O4. The smallest absolute Gasteiger partial charge is 0.872 e. The summed E-state index contributed by atoms with van der Waals surface area (Å²) in [4.78, 5) is 0. The summed E-state index contributed by atoms with van der Waals surface area (Å²) in [5.74, 6) is -0.498. The van der Waals surface area contributed by atoms with Crippen molar-refractivity contribution in [2.75, 3.05) is 0 Å². The maximum absolute atomic E-state index is 13.0. The minimum absolute atomic E-state index is 0. The summed E-state index contributed by atoms with van der Waals surface area (Å²) in [6.45, 7) is 0. The van der Waals surface area contributed by atoms with Crippen LogP contribution in [0.5, 0.6) is 23.0 Å². The second kappa shape index (κ2) is 11.3. The first-order valence-corrected chi connectivity index (χ1v) is 10.1. The van der Waals surface area contributed by atoms with E-state index in [0.717, 1.165) is 0 Å². The van der Waals surface area contributed by atoms with Gasteiger partial charge in [-0.2, -0.15) is 0 Å². The molecule has 0 aliphatic carbocycles.